The Morgan fingerprint density at radius 2 is 1.30 bits per heavy atom. The number of hydrogen-bond acceptors (Lipinski definition) is 2. The fraction of sp³-hybridized carbons (Fsp3) is 0. The number of fused-ring (bicyclic) bond motifs is 1. The number of nitrogens with zero attached hydrogens (tertiary/aromatic N) is 2. The summed E-state index contributed by atoms with van der Waals surface area (Å²) in [4.78, 5) is 7.97. The lowest BCUT2D eigenvalue weighted by molar-refractivity contribution is 1.32. The maximum atomic E-state index is 3.99. The molecule has 2 aromatic rings. The van der Waals surface area contributed by atoms with Gasteiger partial charge in [0.05, 0.1) is 0 Å². The van der Waals surface area contributed by atoms with Gasteiger partial charge in [0.2, 0.25) is 0 Å². The molecule has 10 heavy (non-hydrogen) atoms. The third-order valence-corrected chi connectivity index (χ3v) is 1.44. The average Bonchev–Trinajstić information content (AvgIpc) is 2.05. The zero-order valence-corrected chi connectivity index (χ0v) is 5.36. The van der Waals surface area contributed by atoms with Gasteiger partial charge in [0.25, 0.3) is 0 Å². The predicted molar refractivity (Wildman–Crippen MR) is 39.5 cm³/mol. The van der Waals surface area contributed by atoms with Crippen LogP contribution in [0.4, 0.5) is 0 Å². The third-order valence-electron chi connectivity index (χ3n) is 1.44. The molecule has 0 unspecified atom stereocenters. The first-order valence-electron chi connectivity index (χ1n) is 3.10. The fourth-order valence-corrected chi connectivity index (χ4v) is 0.921. The molecule has 2 nitrogen and oxygen atoms in total. The van der Waals surface area contributed by atoms with E-state index in [0.29, 0.717) is 0 Å². The van der Waals surface area contributed by atoms with Gasteiger partial charge in [-0.3, -0.25) is 9.97 Å². The van der Waals surface area contributed by atoms with Crippen molar-refractivity contribution in [3.8, 4) is 0 Å². The number of hydrogen-bond donors (Lipinski definition) is 0. The number of aromatic nitrogens is 2. The Kier molecular flexibility index (Phi) is 1.10. The molecule has 2 aromatic heterocycles. The number of pyridine rings is 2. The van der Waals surface area contributed by atoms with Crippen LogP contribution in [0.3, 0.4) is 0 Å². The first-order chi connectivity index (χ1) is 4.97. The molecule has 0 saturated carbocycles. The smallest absolute Gasteiger partial charge is 0.0347 e. The second kappa shape index (κ2) is 2.06. The van der Waals surface area contributed by atoms with E-state index in [1.807, 2.05) is 24.5 Å². The lowest BCUT2D eigenvalue weighted by Crippen LogP contribution is -1.74. The van der Waals surface area contributed by atoms with Crippen LogP contribution in [-0.2, 0) is 0 Å². The van der Waals surface area contributed by atoms with Crippen LogP contribution in [0.15, 0.2) is 36.9 Å². The van der Waals surface area contributed by atoms with E-state index in [2.05, 4.69) is 9.97 Å². The number of rotatable bonds is 0. The summed E-state index contributed by atoms with van der Waals surface area (Å²) in [5, 5.41) is 2.27. The van der Waals surface area contributed by atoms with E-state index >= 15 is 0 Å². The van der Waals surface area contributed by atoms with Crippen molar-refractivity contribution in [3.63, 3.8) is 0 Å². The summed E-state index contributed by atoms with van der Waals surface area (Å²) < 4.78 is 0. The Morgan fingerprint density at radius 3 is 1.80 bits per heavy atom. The van der Waals surface area contributed by atoms with Gasteiger partial charge in [-0.15, -0.1) is 0 Å². The maximum absolute atomic E-state index is 3.99. The quantitative estimate of drug-likeness (QED) is 0.541. The Morgan fingerprint density at radius 1 is 0.800 bits per heavy atom. The second-order valence-corrected chi connectivity index (χ2v) is 2.10. The molecule has 0 aliphatic rings. The van der Waals surface area contributed by atoms with Crippen LogP contribution in [0.1, 0.15) is 0 Å². The summed E-state index contributed by atoms with van der Waals surface area (Å²) in [6.45, 7) is 0. The molecule has 0 saturated heterocycles. The van der Waals surface area contributed by atoms with E-state index in [0.717, 1.165) is 10.8 Å². The van der Waals surface area contributed by atoms with Crippen molar-refractivity contribution in [1.29, 1.82) is 0 Å². The Balaban J connectivity index is 2.89. The van der Waals surface area contributed by atoms with E-state index in [1.165, 1.54) is 0 Å². The molecule has 2 heteroatoms. The molecular weight excluding hydrogens is 124 g/mol. The molecular formula is C8H6N2. The van der Waals surface area contributed by atoms with Crippen LogP contribution >= 0.6 is 0 Å². The van der Waals surface area contributed by atoms with Crippen molar-refractivity contribution in [3.05, 3.63) is 36.9 Å². The van der Waals surface area contributed by atoms with E-state index in [1.54, 1.807) is 12.4 Å². The topological polar surface area (TPSA) is 25.8 Å². The fourth-order valence-electron chi connectivity index (χ4n) is 0.921. The standard InChI is InChI=1S/C8H6N2/c1-3-9-6-8-2-4-10-5-7(1)8/h1-6H. The molecule has 0 aromatic carbocycles. The maximum Gasteiger partial charge on any atom is 0.0347 e. The van der Waals surface area contributed by atoms with Gasteiger partial charge < -0.3 is 0 Å². The van der Waals surface area contributed by atoms with Crippen LogP contribution in [-0.4, -0.2) is 9.97 Å². The first kappa shape index (κ1) is 5.35. The molecule has 48 valence electrons. The molecule has 0 amide bonds. The summed E-state index contributed by atoms with van der Waals surface area (Å²) in [6.07, 6.45) is 7.20. The van der Waals surface area contributed by atoms with Crippen LogP contribution in [0, 0.1) is 0 Å². The Hall–Kier alpha value is -1.44. The monoisotopic (exact) mass is 130 g/mol. The van der Waals surface area contributed by atoms with Gasteiger partial charge in [0.15, 0.2) is 0 Å². The summed E-state index contributed by atoms with van der Waals surface area (Å²) in [5.41, 5.74) is 0. The van der Waals surface area contributed by atoms with Crippen LogP contribution in [0.25, 0.3) is 10.8 Å². The molecule has 0 spiro atoms. The van der Waals surface area contributed by atoms with Gasteiger partial charge in [-0.05, 0) is 12.1 Å². The third kappa shape index (κ3) is 0.739. The molecule has 0 fully saturated rings. The van der Waals surface area contributed by atoms with Crippen molar-refractivity contribution in [2.24, 2.45) is 0 Å². The molecule has 2 heterocycles. The summed E-state index contributed by atoms with van der Waals surface area (Å²) in [6, 6.07) is 3.89. The Bertz CT molecular complexity index is 278. The van der Waals surface area contributed by atoms with E-state index < -0.39 is 0 Å². The minimum absolute atomic E-state index is 1.14. The molecule has 0 N–H and O–H groups in total. The van der Waals surface area contributed by atoms with Crippen molar-refractivity contribution in [2.75, 3.05) is 0 Å². The van der Waals surface area contributed by atoms with Gasteiger partial charge in [-0.2, -0.15) is 0 Å². The summed E-state index contributed by atoms with van der Waals surface area (Å²) in [5.74, 6) is 0. The van der Waals surface area contributed by atoms with E-state index in [-0.39, 0.29) is 0 Å². The second-order valence-electron chi connectivity index (χ2n) is 2.10. The zero-order valence-electron chi connectivity index (χ0n) is 5.36. The highest BCUT2D eigenvalue weighted by atomic mass is 14.6. The average molecular weight is 130 g/mol. The van der Waals surface area contributed by atoms with Crippen LogP contribution in [0.2, 0.25) is 0 Å². The lowest BCUT2D eigenvalue weighted by Gasteiger charge is -1.91. The predicted octanol–water partition coefficient (Wildman–Crippen LogP) is 1.63. The molecule has 0 atom stereocenters. The highest BCUT2D eigenvalue weighted by molar-refractivity contribution is 5.79. The van der Waals surface area contributed by atoms with Gasteiger partial charge in [-0.1, -0.05) is 0 Å². The largest absolute Gasteiger partial charge is 0.264 e. The van der Waals surface area contributed by atoms with Gasteiger partial charge in [-0.25, -0.2) is 0 Å². The molecule has 0 bridgehead atoms. The van der Waals surface area contributed by atoms with Crippen molar-refractivity contribution < 1.29 is 0 Å². The normalized spacial score (nSPS) is 10.0. The van der Waals surface area contributed by atoms with E-state index in [9.17, 15) is 0 Å². The van der Waals surface area contributed by atoms with Crippen LogP contribution < -0.4 is 0 Å². The summed E-state index contributed by atoms with van der Waals surface area (Å²) >= 11 is 0. The van der Waals surface area contributed by atoms with Crippen molar-refractivity contribution in [2.45, 2.75) is 0 Å². The van der Waals surface area contributed by atoms with E-state index in [4.69, 9.17) is 0 Å². The molecule has 0 aliphatic carbocycles. The molecule has 0 radical (unpaired) electrons. The van der Waals surface area contributed by atoms with Crippen LogP contribution in [0.5, 0.6) is 0 Å². The van der Waals surface area contributed by atoms with Gasteiger partial charge >= 0.3 is 0 Å². The highest BCUT2D eigenvalue weighted by Gasteiger charge is 1.87. The summed E-state index contributed by atoms with van der Waals surface area (Å²) in [7, 11) is 0. The minimum Gasteiger partial charge on any atom is -0.264 e. The zero-order chi connectivity index (χ0) is 6.81. The highest BCUT2D eigenvalue weighted by Crippen LogP contribution is 2.07. The van der Waals surface area contributed by atoms with Crippen molar-refractivity contribution in [1.82, 2.24) is 9.97 Å². The lowest BCUT2D eigenvalue weighted by atomic mass is 10.2. The first-order valence-corrected chi connectivity index (χ1v) is 3.10. The van der Waals surface area contributed by atoms with Gasteiger partial charge in [0, 0.05) is 35.6 Å². The molecule has 2 rings (SSSR count). The van der Waals surface area contributed by atoms with Crippen molar-refractivity contribution >= 4 is 10.8 Å². The SMILES string of the molecule is c1cc2cnccc2cn1. The van der Waals surface area contributed by atoms with Gasteiger partial charge in [0.1, 0.15) is 0 Å². The minimum atomic E-state index is 1.14. The molecule has 0 aliphatic heterocycles. The Labute approximate surface area is 58.6 Å².